The van der Waals surface area contributed by atoms with Gasteiger partial charge in [0.25, 0.3) is 0 Å². The first kappa shape index (κ1) is 10.7. The van der Waals surface area contributed by atoms with Crippen molar-refractivity contribution in [2.24, 2.45) is 0 Å². The van der Waals surface area contributed by atoms with Gasteiger partial charge in [0, 0.05) is 13.0 Å². The molecule has 1 aromatic rings. The van der Waals surface area contributed by atoms with E-state index in [1.807, 2.05) is 37.3 Å². The summed E-state index contributed by atoms with van der Waals surface area (Å²) >= 11 is 0. The molecule has 1 atom stereocenters. The van der Waals surface area contributed by atoms with Gasteiger partial charge in [-0.15, -0.1) is 0 Å². The van der Waals surface area contributed by atoms with E-state index in [2.05, 4.69) is 6.07 Å². The Morgan fingerprint density at radius 1 is 1.36 bits per heavy atom. The molecule has 2 nitrogen and oxygen atoms in total. The molecule has 2 heteroatoms. The number of nitrogens with zero attached hydrogens (tertiary/aromatic N) is 1. The summed E-state index contributed by atoms with van der Waals surface area (Å²) in [6.45, 7) is 2.66. The Morgan fingerprint density at radius 3 is 2.64 bits per heavy atom. The third-order valence-corrected chi connectivity index (χ3v) is 2.06. The monoisotopic (exact) mass is 189 g/mol. The molecule has 1 rings (SSSR count). The molecule has 0 amide bonds. The van der Waals surface area contributed by atoms with Crippen LogP contribution < -0.4 is 0 Å². The van der Waals surface area contributed by atoms with Crippen molar-refractivity contribution in [3.8, 4) is 6.07 Å². The summed E-state index contributed by atoms with van der Waals surface area (Å²) in [4.78, 5) is 0. The average molecular weight is 189 g/mol. The SMILES string of the molecule is CCOC(CCC#N)c1ccccc1. The zero-order valence-corrected chi connectivity index (χ0v) is 8.44. The van der Waals surface area contributed by atoms with Crippen molar-refractivity contribution in [1.82, 2.24) is 0 Å². The van der Waals surface area contributed by atoms with Crippen molar-refractivity contribution in [2.45, 2.75) is 25.9 Å². The predicted octanol–water partition coefficient (Wildman–Crippen LogP) is 3.07. The fraction of sp³-hybridized carbons (Fsp3) is 0.417. The van der Waals surface area contributed by atoms with Crippen molar-refractivity contribution >= 4 is 0 Å². The highest BCUT2D eigenvalue weighted by molar-refractivity contribution is 5.17. The number of nitriles is 1. The Labute approximate surface area is 85.1 Å². The van der Waals surface area contributed by atoms with E-state index in [9.17, 15) is 0 Å². The molecular formula is C12H15NO. The van der Waals surface area contributed by atoms with Gasteiger partial charge in [0.1, 0.15) is 0 Å². The highest BCUT2D eigenvalue weighted by Gasteiger charge is 2.09. The zero-order valence-electron chi connectivity index (χ0n) is 8.44. The number of rotatable bonds is 5. The van der Waals surface area contributed by atoms with Crippen LogP contribution in [0.5, 0.6) is 0 Å². The molecule has 0 aliphatic rings. The minimum atomic E-state index is 0.0702. The van der Waals surface area contributed by atoms with E-state index in [0.29, 0.717) is 13.0 Å². The van der Waals surface area contributed by atoms with Crippen LogP contribution >= 0.6 is 0 Å². The molecule has 0 aromatic heterocycles. The lowest BCUT2D eigenvalue weighted by Crippen LogP contribution is -2.03. The topological polar surface area (TPSA) is 33.0 Å². The van der Waals surface area contributed by atoms with Crippen LogP contribution in [0.25, 0.3) is 0 Å². The van der Waals surface area contributed by atoms with Crippen LogP contribution in [0, 0.1) is 11.3 Å². The predicted molar refractivity (Wildman–Crippen MR) is 55.7 cm³/mol. The van der Waals surface area contributed by atoms with Gasteiger partial charge in [-0.2, -0.15) is 5.26 Å². The van der Waals surface area contributed by atoms with Crippen molar-refractivity contribution < 1.29 is 4.74 Å². The highest BCUT2D eigenvalue weighted by atomic mass is 16.5. The lowest BCUT2D eigenvalue weighted by molar-refractivity contribution is 0.0572. The molecule has 0 saturated carbocycles. The van der Waals surface area contributed by atoms with Crippen molar-refractivity contribution in [3.63, 3.8) is 0 Å². The molecule has 1 aromatic carbocycles. The Kier molecular flexibility index (Phi) is 4.74. The Hall–Kier alpha value is -1.33. The number of benzene rings is 1. The van der Waals surface area contributed by atoms with Crippen LogP contribution in [0.1, 0.15) is 31.4 Å². The second-order valence-electron chi connectivity index (χ2n) is 3.05. The summed E-state index contributed by atoms with van der Waals surface area (Å²) in [5, 5.41) is 8.52. The van der Waals surface area contributed by atoms with Crippen molar-refractivity contribution in [2.75, 3.05) is 6.61 Å². The lowest BCUT2D eigenvalue weighted by atomic mass is 10.1. The first-order valence-corrected chi connectivity index (χ1v) is 4.92. The van der Waals surface area contributed by atoms with E-state index in [0.717, 1.165) is 12.0 Å². The summed E-state index contributed by atoms with van der Waals surface area (Å²) in [5.41, 5.74) is 1.16. The van der Waals surface area contributed by atoms with Gasteiger partial charge in [-0.05, 0) is 18.9 Å². The normalized spacial score (nSPS) is 12.0. The molecule has 74 valence electrons. The quantitative estimate of drug-likeness (QED) is 0.713. The van der Waals surface area contributed by atoms with Crippen LogP contribution in [0.3, 0.4) is 0 Å². The molecule has 0 N–H and O–H groups in total. The Morgan fingerprint density at radius 2 is 2.07 bits per heavy atom. The molecule has 0 radical (unpaired) electrons. The Balaban J connectivity index is 2.63. The molecule has 1 unspecified atom stereocenters. The largest absolute Gasteiger partial charge is 0.374 e. The van der Waals surface area contributed by atoms with Gasteiger partial charge in [0.15, 0.2) is 0 Å². The summed E-state index contributed by atoms with van der Waals surface area (Å²) < 4.78 is 5.58. The fourth-order valence-electron chi connectivity index (χ4n) is 1.41. The van der Waals surface area contributed by atoms with E-state index >= 15 is 0 Å². The Bertz CT molecular complexity index is 289. The summed E-state index contributed by atoms with van der Waals surface area (Å²) in [7, 11) is 0. The maximum Gasteiger partial charge on any atom is 0.0834 e. The summed E-state index contributed by atoms with van der Waals surface area (Å²) in [5.74, 6) is 0. The zero-order chi connectivity index (χ0) is 10.2. The highest BCUT2D eigenvalue weighted by Crippen LogP contribution is 2.21. The van der Waals surface area contributed by atoms with E-state index in [1.54, 1.807) is 0 Å². The fourth-order valence-corrected chi connectivity index (χ4v) is 1.41. The molecule has 0 spiro atoms. The van der Waals surface area contributed by atoms with Gasteiger partial charge in [-0.1, -0.05) is 30.3 Å². The van der Waals surface area contributed by atoms with Gasteiger partial charge in [-0.25, -0.2) is 0 Å². The number of hydrogen-bond donors (Lipinski definition) is 0. The molecule has 0 saturated heterocycles. The van der Waals surface area contributed by atoms with Crippen LogP contribution in [-0.2, 0) is 4.74 Å². The minimum absolute atomic E-state index is 0.0702. The molecule has 0 heterocycles. The molecule has 0 aliphatic carbocycles. The lowest BCUT2D eigenvalue weighted by Gasteiger charge is -2.15. The summed E-state index contributed by atoms with van der Waals surface area (Å²) in [6, 6.07) is 12.2. The van der Waals surface area contributed by atoms with E-state index in [-0.39, 0.29) is 6.10 Å². The first-order valence-electron chi connectivity index (χ1n) is 4.92. The molecular weight excluding hydrogens is 174 g/mol. The van der Waals surface area contributed by atoms with Gasteiger partial charge in [0.05, 0.1) is 12.2 Å². The standard InChI is InChI=1S/C12H15NO/c1-2-14-12(9-6-10-13)11-7-4-3-5-8-11/h3-5,7-8,12H,2,6,9H2,1H3. The van der Waals surface area contributed by atoms with Crippen LogP contribution in [-0.4, -0.2) is 6.61 Å². The van der Waals surface area contributed by atoms with E-state index in [4.69, 9.17) is 10.00 Å². The van der Waals surface area contributed by atoms with Crippen LogP contribution in [0.15, 0.2) is 30.3 Å². The maximum absolute atomic E-state index is 8.52. The minimum Gasteiger partial charge on any atom is -0.374 e. The second-order valence-corrected chi connectivity index (χ2v) is 3.05. The van der Waals surface area contributed by atoms with E-state index < -0.39 is 0 Å². The third kappa shape index (κ3) is 3.20. The van der Waals surface area contributed by atoms with Crippen molar-refractivity contribution in [1.29, 1.82) is 5.26 Å². The summed E-state index contributed by atoms with van der Waals surface area (Å²) in [6.07, 6.45) is 1.38. The van der Waals surface area contributed by atoms with Crippen LogP contribution in [0.4, 0.5) is 0 Å². The molecule has 0 fully saturated rings. The maximum atomic E-state index is 8.52. The van der Waals surface area contributed by atoms with E-state index in [1.165, 1.54) is 0 Å². The third-order valence-electron chi connectivity index (χ3n) is 2.06. The molecule has 14 heavy (non-hydrogen) atoms. The molecule has 0 aliphatic heterocycles. The first-order chi connectivity index (χ1) is 6.88. The number of ether oxygens (including phenoxy) is 1. The van der Waals surface area contributed by atoms with Crippen LogP contribution in [0.2, 0.25) is 0 Å². The average Bonchev–Trinajstić information content (AvgIpc) is 2.25. The van der Waals surface area contributed by atoms with Crippen molar-refractivity contribution in [3.05, 3.63) is 35.9 Å². The number of hydrogen-bond acceptors (Lipinski definition) is 2. The van der Waals surface area contributed by atoms with Gasteiger partial charge in [0.2, 0.25) is 0 Å². The van der Waals surface area contributed by atoms with Gasteiger partial charge in [-0.3, -0.25) is 0 Å². The smallest absolute Gasteiger partial charge is 0.0834 e. The van der Waals surface area contributed by atoms with Gasteiger partial charge < -0.3 is 4.74 Å². The molecule has 0 bridgehead atoms. The van der Waals surface area contributed by atoms with Gasteiger partial charge >= 0.3 is 0 Å². The second kappa shape index (κ2) is 6.17.